The summed E-state index contributed by atoms with van der Waals surface area (Å²) in [7, 11) is 0. The Bertz CT molecular complexity index is 737. The topological polar surface area (TPSA) is 46.3 Å². The number of anilines is 1. The van der Waals surface area contributed by atoms with E-state index in [2.05, 4.69) is 37.3 Å². The first-order valence-electron chi connectivity index (χ1n) is 8.41. The van der Waals surface area contributed by atoms with Gasteiger partial charge in [-0.15, -0.1) is 0 Å². The lowest BCUT2D eigenvalue weighted by atomic mass is 9.92. The van der Waals surface area contributed by atoms with Crippen LogP contribution in [-0.2, 0) is 11.2 Å². The minimum atomic E-state index is -0.444. The Hall–Kier alpha value is -2.13. The summed E-state index contributed by atoms with van der Waals surface area (Å²) < 4.78 is 0. The average molecular weight is 306 g/mol. The van der Waals surface area contributed by atoms with E-state index in [-0.39, 0.29) is 11.9 Å². The fraction of sp³-hybridized carbons (Fsp3) is 0.350. The molecule has 2 atom stereocenters. The maximum atomic E-state index is 12.8. The fourth-order valence-electron chi connectivity index (χ4n) is 3.55. The lowest BCUT2D eigenvalue weighted by Crippen LogP contribution is -2.49. The van der Waals surface area contributed by atoms with Gasteiger partial charge in [0.05, 0.1) is 12.1 Å². The van der Waals surface area contributed by atoms with Crippen molar-refractivity contribution in [3.63, 3.8) is 0 Å². The van der Waals surface area contributed by atoms with Crippen molar-refractivity contribution in [2.24, 2.45) is 5.73 Å². The van der Waals surface area contributed by atoms with E-state index in [1.165, 1.54) is 24.0 Å². The second kappa shape index (κ2) is 5.50. The first-order chi connectivity index (χ1) is 11.1. The van der Waals surface area contributed by atoms with Crippen LogP contribution < -0.4 is 10.6 Å². The Morgan fingerprint density at radius 3 is 2.57 bits per heavy atom. The maximum absolute atomic E-state index is 12.8. The van der Waals surface area contributed by atoms with Gasteiger partial charge >= 0.3 is 0 Å². The van der Waals surface area contributed by atoms with E-state index in [0.717, 1.165) is 11.3 Å². The Labute approximate surface area is 137 Å². The lowest BCUT2D eigenvalue weighted by molar-refractivity contribution is -0.120. The number of carbonyl (C=O) groups is 1. The van der Waals surface area contributed by atoms with Crippen molar-refractivity contribution < 1.29 is 4.79 Å². The molecule has 2 N–H and O–H groups in total. The molecule has 3 nitrogen and oxygen atoms in total. The summed E-state index contributed by atoms with van der Waals surface area (Å²) in [5, 5.41) is 0. The van der Waals surface area contributed by atoms with Gasteiger partial charge in [0.2, 0.25) is 5.91 Å². The number of hydrogen-bond acceptors (Lipinski definition) is 2. The molecule has 0 spiro atoms. The average Bonchev–Trinajstić information content (AvgIpc) is 3.41. The molecule has 1 amide bonds. The third-order valence-corrected chi connectivity index (χ3v) is 5.08. The van der Waals surface area contributed by atoms with E-state index in [1.54, 1.807) is 0 Å². The van der Waals surface area contributed by atoms with Crippen molar-refractivity contribution in [1.82, 2.24) is 0 Å². The predicted octanol–water partition coefficient (Wildman–Crippen LogP) is 3.54. The van der Waals surface area contributed by atoms with Crippen LogP contribution in [0.1, 0.15) is 48.4 Å². The number of hydrogen-bond donors (Lipinski definition) is 1. The molecule has 4 rings (SSSR count). The van der Waals surface area contributed by atoms with Crippen molar-refractivity contribution in [3.05, 3.63) is 65.2 Å². The predicted molar refractivity (Wildman–Crippen MR) is 92.4 cm³/mol. The van der Waals surface area contributed by atoms with Crippen LogP contribution in [0.3, 0.4) is 0 Å². The fourth-order valence-corrected chi connectivity index (χ4v) is 3.55. The van der Waals surface area contributed by atoms with Crippen LogP contribution in [-0.4, -0.2) is 11.9 Å². The van der Waals surface area contributed by atoms with Crippen molar-refractivity contribution in [1.29, 1.82) is 0 Å². The van der Waals surface area contributed by atoms with Crippen LogP contribution in [0.2, 0.25) is 0 Å². The highest BCUT2D eigenvalue weighted by Gasteiger charge is 2.35. The van der Waals surface area contributed by atoms with Crippen LogP contribution >= 0.6 is 0 Å². The highest BCUT2D eigenvalue weighted by molar-refractivity contribution is 6.00. The van der Waals surface area contributed by atoms with Gasteiger partial charge in [0.1, 0.15) is 0 Å². The summed E-state index contributed by atoms with van der Waals surface area (Å²) in [6.45, 7) is 2.08. The van der Waals surface area contributed by atoms with Gasteiger partial charge in [-0.2, -0.15) is 0 Å². The number of amides is 1. The molecule has 0 bridgehead atoms. The molecule has 1 aliphatic carbocycles. The smallest absolute Gasteiger partial charge is 0.244 e. The Kier molecular flexibility index (Phi) is 3.46. The molecule has 2 aromatic carbocycles. The summed E-state index contributed by atoms with van der Waals surface area (Å²) in [5.41, 5.74) is 10.9. The molecule has 1 heterocycles. The molecule has 118 valence electrons. The van der Waals surface area contributed by atoms with Crippen LogP contribution in [0, 0.1) is 0 Å². The summed E-state index contributed by atoms with van der Waals surface area (Å²) in [5.74, 6) is 0.710. The first-order valence-corrected chi connectivity index (χ1v) is 8.41. The molecule has 23 heavy (non-hydrogen) atoms. The summed E-state index contributed by atoms with van der Waals surface area (Å²) in [4.78, 5) is 14.7. The number of nitrogens with zero attached hydrogens (tertiary/aromatic N) is 1. The van der Waals surface area contributed by atoms with Gasteiger partial charge in [-0.05, 0) is 54.9 Å². The van der Waals surface area contributed by atoms with E-state index in [0.29, 0.717) is 12.3 Å². The third kappa shape index (κ3) is 2.55. The van der Waals surface area contributed by atoms with Gasteiger partial charge < -0.3 is 10.6 Å². The van der Waals surface area contributed by atoms with Gasteiger partial charge in [0.25, 0.3) is 0 Å². The zero-order valence-corrected chi connectivity index (χ0v) is 13.4. The summed E-state index contributed by atoms with van der Waals surface area (Å²) in [6, 6.07) is 16.3. The maximum Gasteiger partial charge on any atom is 0.244 e. The molecular weight excluding hydrogens is 284 g/mol. The molecule has 1 fully saturated rings. The third-order valence-electron chi connectivity index (χ3n) is 5.08. The quantitative estimate of drug-likeness (QED) is 0.942. The van der Waals surface area contributed by atoms with Crippen molar-refractivity contribution in [3.8, 4) is 0 Å². The van der Waals surface area contributed by atoms with E-state index < -0.39 is 6.04 Å². The molecule has 1 aliphatic heterocycles. The number of carbonyl (C=O) groups excluding carboxylic acids is 1. The highest BCUT2D eigenvalue weighted by atomic mass is 16.2. The number of fused-ring (bicyclic) bond motifs is 1. The molecule has 0 radical (unpaired) electrons. The Morgan fingerprint density at radius 2 is 1.87 bits per heavy atom. The summed E-state index contributed by atoms with van der Waals surface area (Å²) >= 11 is 0. The van der Waals surface area contributed by atoms with Crippen LogP contribution in [0.4, 0.5) is 5.69 Å². The minimum Gasteiger partial charge on any atom is -0.320 e. The standard InChI is InChI=1S/C20H22N2O/c1-13(14-5-3-2-4-6-14)22-19-12-16(15-7-8-15)9-10-17(19)11-18(21)20(22)23/h2-6,9-10,12-13,15,18H,7-8,11,21H2,1H3/t13-,18+/m0/s1. The monoisotopic (exact) mass is 306 g/mol. The molecule has 3 heteroatoms. The number of rotatable bonds is 3. The molecule has 2 aliphatic rings. The highest BCUT2D eigenvalue weighted by Crippen LogP contribution is 2.43. The van der Waals surface area contributed by atoms with Gasteiger partial charge in [0.15, 0.2) is 0 Å². The Balaban J connectivity index is 1.78. The van der Waals surface area contributed by atoms with E-state index in [4.69, 9.17) is 5.73 Å². The molecule has 0 unspecified atom stereocenters. The van der Waals surface area contributed by atoms with Gasteiger partial charge in [0, 0.05) is 5.69 Å². The molecule has 0 saturated heterocycles. The van der Waals surface area contributed by atoms with Gasteiger partial charge in [-0.3, -0.25) is 4.79 Å². The van der Waals surface area contributed by atoms with E-state index in [9.17, 15) is 4.79 Å². The minimum absolute atomic E-state index is 0.0109. The van der Waals surface area contributed by atoms with Crippen molar-refractivity contribution in [2.75, 3.05) is 4.90 Å². The van der Waals surface area contributed by atoms with Gasteiger partial charge in [-0.25, -0.2) is 0 Å². The zero-order valence-electron chi connectivity index (χ0n) is 13.4. The van der Waals surface area contributed by atoms with Crippen LogP contribution in [0.5, 0.6) is 0 Å². The molecular formula is C20H22N2O. The van der Waals surface area contributed by atoms with Gasteiger partial charge in [-0.1, -0.05) is 42.5 Å². The van der Waals surface area contributed by atoms with Crippen molar-refractivity contribution in [2.45, 2.75) is 44.2 Å². The first kappa shape index (κ1) is 14.5. The Morgan fingerprint density at radius 1 is 1.13 bits per heavy atom. The zero-order chi connectivity index (χ0) is 16.0. The molecule has 1 saturated carbocycles. The second-order valence-corrected chi connectivity index (χ2v) is 6.77. The molecule has 2 aromatic rings. The number of benzene rings is 2. The molecule has 0 aromatic heterocycles. The second-order valence-electron chi connectivity index (χ2n) is 6.77. The summed E-state index contributed by atoms with van der Waals surface area (Å²) in [6.07, 6.45) is 3.16. The SMILES string of the molecule is C[C@@H](c1ccccc1)N1C(=O)[C@H](N)Cc2ccc(C3CC3)cc21. The van der Waals surface area contributed by atoms with E-state index in [1.807, 2.05) is 23.1 Å². The number of nitrogens with two attached hydrogens (primary N) is 1. The normalized spacial score (nSPS) is 21.9. The van der Waals surface area contributed by atoms with Crippen LogP contribution in [0.15, 0.2) is 48.5 Å². The van der Waals surface area contributed by atoms with Crippen LogP contribution in [0.25, 0.3) is 0 Å². The van der Waals surface area contributed by atoms with Crippen molar-refractivity contribution >= 4 is 11.6 Å². The lowest BCUT2D eigenvalue weighted by Gasteiger charge is -2.37. The largest absolute Gasteiger partial charge is 0.320 e. The van der Waals surface area contributed by atoms with E-state index >= 15 is 0 Å².